The number of hydrogen-bond acceptors (Lipinski definition) is 5. The molecule has 2 aromatic rings. The fourth-order valence-electron chi connectivity index (χ4n) is 1.76. The molecule has 20 heavy (non-hydrogen) atoms. The van der Waals surface area contributed by atoms with Crippen molar-refractivity contribution < 1.29 is 9.90 Å². The Hall–Kier alpha value is -2.28. The zero-order valence-corrected chi connectivity index (χ0v) is 11.2. The summed E-state index contributed by atoms with van der Waals surface area (Å²) in [6.07, 6.45) is 1.10. The van der Waals surface area contributed by atoms with Gasteiger partial charge in [-0.15, -0.1) is 10.2 Å². The lowest BCUT2D eigenvalue weighted by molar-refractivity contribution is 0.0949. The molecule has 0 aliphatic heterocycles. The monoisotopic (exact) mass is 275 g/mol. The highest BCUT2D eigenvalue weighted by Crippen LogP contribution is 2.13. The van der Waals surface area contributed by atoms with E-state index in [1.807, 2.05) is 0 Å². The maximum Gasteiger partial charge on any atom is 0.251 e. The van der Waals surface area contributed by atoms with E-state index < -0.39 is 0 Å². The van der Waals surface area contributed by atoms with Crippen LogP contribution in [-0.2, 0) is 0 Å². The summed E-state index contributed by atoms with van der Waals surface area (Å²) in [6.45, 7) is 2.29. The number of tetrazole rings is 1. The van der Waals surface area contributed by atoms with E-state index in [0.29, 0.717) is 24.4 Å². The quantitative estimate of drug-likeness (QED) is 0.675. The molecule has 1 aromatic heterocycles. The van der Waals surface area contributed by atoms with Crippen molar-refractivity contribution in [2.45, 2.75) is 25.9 Å². The van der Waals surface area contributed by atoms with Crippen molar-refractivity contribution in [3.63, 3.8) is 0 Å². The van der Waals surface area contributed by atoms with Gasteiger partial charge in [0.1, 0.15) is 0 Å². The number of H-pyrrole nitrogens is 1. The number of aromatic nitrogens is 4. The molecule has 106 valence electrons. The van der Waals surface area contributed by atoms with Crippen LogP contribution < -0.4 is 5.32 Å². The highest BCUT2D eigenvalue weighted by molar-refractivity contribution is 5.94. The van der Waals surface area contributed by atoms with Gasteiger partial charge >= 0.3 is 0 Å². The maximum absolute atomic E-state index is 11.9. The largest absolute Gasteiger partial charge is 0.393 e. The van der Waals surface area contributed by atoms with Crippen molar-refractivity contribution >= 4 is 5.91 Å². The van der Waals surface area contributed by atoms with Gasteiger partial charge in [0, 0.05) is 17.7 Å². The summed E-state index contributed by atoms with van der Waals surface area (Å²) in [7, 11) is 0. The fraction of sp³-hybridized carbons (Fsp3) is 0.385. The maximum atomic E-state index is 11.9. The Morgan fingerprint density at radius 3 is 2.75 bits per heavy atom. The molecule has 1 amide bonds. The van der Waals surface area contributed by atoms with Crippen LogP contribution in [0.15, 0.2) is 24.3 Å². The summed E-state index contributed by atoms with van der Waals surface area (Å²) in [6, 6.07) is 6.98. The van der Waals surface area contributed by atoms with Crippen LogP contribution in [0.1, 0.15) is 30.1 Å². The lowest BCUT2D eigenvalue weighted by Crippen LogP contribution is -2.24. The van der Waals surface area contributed by atoms with Crippen LogP contribution in [0.5, 0.6) is 0 Å². The van der Waals surface area contributed by atoms with Crippen LogP contribution in [0.3, 0.4) is 0 Å². The molecule has 0 spiro atoms. The summed E-state index contributed by atoms with van der Waals surface area (Å²) < 4.78 is 0. The van der Waals surface area contributed by atoms with Crippen molar-refractivity contribution in [3.05, 3.63) is 29.8 Å². The molecule has 1 aromatic carbocycles. The second-order valence-electron chi connectivity index (χ2n) is 4.56. The Bertz CT molecular complexity index is 536. The van der Waals surface area contributed by atoms with Gasteiger partial charge in [0.25, 0.3) is 5.91 Å². The highest BCUT2D eigenvalue weighted by atomic mass is 16.3. The molecule has 7 heteroatoms. The molecule has 3 N–H and O–H groups in total. The minimum atomic E-state index is -0.332. The van der Waals surface area contributed by atoms with Gasteiger partial charge in [-0.1, -0.05) is 12.1 Å². The van der Waals surface area contributed by atoms with Crippen molar-refractivity contribution in [2.24, 2.45) is 0 Å². The molecular formula is C13H17N5O2. The summed E-state index contributed by atoms with van der Waals surface area (Å²) in [4.78, 5) is 11.9. The number of aromatic amines is 1. The second-order valence-corrected chi connectivity index (χ2v) is 4.56. The van der Waals surface area contributed by atoms with Gasteiger partial charge < -0.3 is 10.4 Å². The predicted molar refractivity (Wildman–Crippen MR) is 72.9 cm³/mol. The van der Waals surface area contributed by atoms with Gasteiger partial charge in [0.2, 0.25) is 5.82 Å². The zero-order chi connectivity index (χ0) is 14.4. The first-order valence-electron chi connectivity index (χ1n) is 6.47. The Balaban J connectivity index is 1.88. The van der Waals surface area contributed by atoms with E-state index >= 15 is 0 Å². The number of benzene rings is 1. The normalized spacial score (nSPS) is 12.1. The van der Waals surface area contributed by atoms with Crippen molar-refractivity contribution in [3.8, 4) is 11.4 Å². The van der Waals surface area contributed by atoms with E-state index in [2.05, 4.69) is 25.9 Å². The first kappa shape index (κ1) is 14.1. The second kappa shape index (κ2) is 6.76. The minimum absolute atomic E-state index is 0.129. The van der Waals surface area contributed by atoms with Gasteiger partial charge in [-0.05, 0) is 37.1 Å². The third-order valence-corrected chi connectivity index (χ3v) is 2.83. The fourth-order valence-corrected chi connectivity index (χ4v) is 1.76. The smallest absolute Gasteiger partial charge is 0.251 e. The molecule has 1 unspecified atom stereocenters. The number of aliphatic hydroxyl groups excluding tert-OH is 1. The van der Waals surface area contributed by atoms with Crippen LogP contribution in [0, 0.1) is 0 Å². The third kappa shape index (κ3) is 3.86. The first-order chi connectivity index (χ1) is 9.66. The summed E-state index contributed by atoms with van der Waals surface area (Å²) in [5.74, 6) is 0.365. The molecule has 7 nitrogen and oxygen atoms in total. The molecule has 0 radical (unpaired) electrons. The third-order valence-electron chi connectivity index (χ3n) is 2.83. The van der Waals surface area contributed by atoms with Gasteiger partial charge in [-0.25, -0.2) is 0 Å². The average molecular weight is 275 g/mol. The summed E-state index contributed by atoms with van der Waals surface area (Å²) >= 11 is 0. The van der Waals surface area contributed by atoms with Crippen molar-refractivity contribution in [2.75, 3.05) is 6.54 Å². The Labute approximate surface area is 116 Å². The van der Waals surface area contributed by atoms with Crippen LogP contribution in [0.2, 0.25) is 0 Å². The lowest BCUT2D eigenvalue weighted by atomic mass is 10.1. The number of carbonyl (C=O) groups excluding carboxylic acids is 1. The first-order valence-corrected chi connectivity index (χ1v) is 6.47. The molecule has 2 rings (SSSR count). The number of aliphatic hydroxyl groups is 1. The standard InChI is InChI=1S/C13H17N5O2/c1-9(19)3-2-8-14-13(20)11-6-4-10(5-7-11)12-15-17-18-16-12/h4-7,9,19H,2-3,8H2,1H3,(H,14,20)(H,15,16,17,18). The molecule has 0 saturated carbocycles. The molecular weight excluding hydrogens is 258 g/mol. The Kier molecular flexibility index (Phi) is 4.78. The van der Waals surface area contributed by atoms with E-state index in [9.17, 15) is 4.79 Å². The van der Waals surface area contributed by atoms with E-state index in [1.165, 1.54) is 0 Å². The van der Waals surface area contributed by atoms with Crippen molar-refractivity contribution in [1.82, 2.24) is 25.9 Å². The predicted octanol–water partition coefficient (Wildman–Crippen LogP) is 0.757. The molecule has 1 atom stereocenters. The number of rotatable bonds is 6. The van der Waals surface area contributed by atoms with Gasteiger partial charge in [-0.2, -0.15) is 5.21 Å². The molecule has 0 bridgehead atoms. The SMILES string of the molecule is CC(O)CCCNC(=O)c1ccc(-c2nn[nH]n2)cc1. The lowest BCUT2D eigenvalue weighted by Gasteiger charge is -2.06. The average Bonchev–Trinajstić information content (AvgIpc) is 2.97. The summed E-state index contributed by atoms with van der Waals surface area (Å²) in [5, 5.41) is 25.5. The molecule has 0 aliphatic rings. The van der Waals surface area contributed by atoms with Gasteiger partial charge in [0.15, 0.2) is 0 Å². The topological polar surface area (TPSA) is 104 Å². The Morgan fingerprint density at radius 1 is 1.40 bits per heavy atom. The number of carbonyl (C=O) groups is 1. The number of amides is 1. The van der Waals surface area contributed by atoms with Crippen molar-refractivity contribution in [1.29, 1.82) is 0 Å². The van der Waals surface area contributed by atoms with E-state index in [-0.39, 0.29) is 12.0 Å². The molecule has 0 saturated heterocycles. The van der Waals surface area contributed by atoms with Crippen LogP contribution in [-0.4, -0.2) is 44.3 Å². The minimum Gasteiger partial charge on any atom is -0.393 e. The number of hydrogen-bond donors (Lipinski definition) is 3. The zero-order valence-electron chi connectivity index (χ0n) is 11.2. The van der Waals surface area contributed by atoms with Gasteiger partial charge in [-0.3, -0.25) is 4.79 Å². The van der Waals surface area contributed by atoms with E-state index in [0.717, 1.165) is 12.0 Å². The molecule has 0 aliphatic carbocycles. The number of nitrogens with zero attached hydrogens (tertiary/aromatic N) is 3. The van der Waals surface area contributed by atoms with Crippen LogP contribution in [0.25, 0.3) is 11.4 Å². The number of nitrogens with one attached hydrogen (secondary N) is 2. The van der Waals surface area contributed by atoms with Crippen LogP contribution >= 0.6 is 0 Å². The summed E-state index contributed by atoms with van der Waals surface area (Å²) in [5.41, 5.74) is 1.37. The molecule has 0 fully saturated rings. The van der Waals surface area contributed by atoms with E-state index in [1.54, 1.807) is 31.2 Å². The van der Waals surface area contributed by atoms with Crippen LogP contribution in [0.4, 0.5) is 0 Å². The Morgan fingerprint density at radius 2 is 2.15 bits per heavy atom. The van der Waals surface area contributed by atoms with Gasteiger partial charge in [0.05, 0.1) is 6.10 Å². The highest BCUT2D eigenvalue weighted by Gasteiger charge is 2.07. The molecule has 1 heterocycles. The van der Waals surface area contributed by atoms with E-state index in [4.69, 9.17) is 5.11 Å².